The predicted octanol–water partition coefficient (Wildman–Crippen LogP) is 4.07. The van der Waals surface area contributed by atoms with Crippen molar-refractivity contribution in [3.8, 4) is 5.75 Å². The number of thiazole rings is 1. The number of rotatable bonds is 6. The average Bonchev–Trinajstić information content (AvgIpc) is 3.51. The van der Waals surface area contributed by atoms with Crippen LogP contribution in [0.15, 0.2) is 90.6 Å². The number of nitrogens with one attached hydrogen (secondary N) is 1. The fraction of sp³-hybridized carbons (Fsp3) is 0.233. The van der Waals surface area contributed by atoms with Crippen molar-refractivity contribution >= 4 is 50.8 Å². The number of nitrogens with zero attached hydrogens (tertiary/aromatic N) is 3. The molecule has 0 unspecified atom stereocenters. The van der Waals surface area contributed by atoms with Crippen molar-refractivity contribution in [2.45, 2.75) is 13.0 Å². The van der Waals surface area contributed by atoms with Crippen LogP contribution < -0.4 is 29.8 Å². The smallest absolute Gasteiger partial charge is 0.271 e. The van der Waals surface area contributed by atoms with Crippen LogP contribution in [0.25, 0.3) is 6.08 Å². The van der Waals surface area contributed by atoms with E-state index in [0.29, 0.717) is 56.9 Å². The molecule has 6 rings (SSSR count). The predicted molar refractivity (Wildman–Crippen MR) is 161 cm³/mol. The largest absolute Gasteiger partial charge is 0.497 e. The Balaban J connectivity index is 1.44. The zero-order chi connectivity index (χ0) is 28.5. The lowest BCUT2D eigenvalue weighted by atomic mass is 9.95. The average molecular weight is 636 g/mol. The standard InChI is InChI=1S/C30H27BrN4O5S/c1-18-25(27(36)33-20-6-4-3-5-7-20)26(19-8-10-21(38-2)11-9-19)35-28(37)24(41-30(35)32-18)17-22-16-23(31)29(40-22)34-12-14-39-15-13-34/h3-11,16-17,26H,12-15H2,1-2H3,(H,33,36)/b24-17+/t26-/m1/s1. The molecule has 210 valence electrons. The van der Waals surface area contributed by atoms with Gasteiger partial charge in [0.25, 0.3) is 11.5 Å². The van der Waals surface area contributed by atoms with E-state index in [1.807, 2.05) is 60.7 Å². The summed E-state index contributed by atoms with van der Waals surface area (Å²) in [5.74, 6) is 1.61. The second kappa shape index (κ2) is 11.5. The SMILES string of the molecule is COc1ccc([C@@H]2C(C(=O)Nc3ccccc3)=C(C)N=c3s/c(=C/c4cc(Br)c(N5CCOCC5)o4)c(=O)n32)cc1. The quantitative estimate of drug-likeness (QED) is 0.343. The summed E-state index contributed by atoms with van der Waals surface area (Å²) in [6.45, 7) is 4.51. The maximum atomic E-state index is 14.0. The van der Waals surface area contributed by atoms with Crippen LogP contribution in [-0.4, -0.2) is 43.9 Å². The Morgan fingerprint density at radius 1 is 1.15 bits per heavy atom. The molecule has 0 bridgehead atoms. The van der Waals surface area contributed by atoms with Crippen molar-refractivity contribution in [3.05, 3.63) is 107 Å². The van der Waals surface area contributed by atoms with E-state index in [-0.39, 0.29) is 11.5 Å². The normalized spacial score (nSPS) is 17.3. The lowest BCUT2D eigenvalue weighted by molar-refractivity contribution is -0.113. The summed E-state index contributed by atoms with van der Waals surface area (Å²) >= 11 is 4.86. The van der Waals surface area contributed by atoms with Crippen molar-refractivity contribution in [2.24, 2.45) is 4.99 Å². The van der Waals surface area contributed by atoms with Gasteiger partial charge < -0.3 is 24.1 Å². The number of allylic oxidation sites excluding steroid dienone is 1. The number of ether oxygens (including phenoxy) is 2. The van der Waals surface area contributed by atoms with Crippen molar-refractivity contribution in [2.75, 3.05) is 43.6 Å². The Kier molecular flexibility index (Phi) is 7.65. The van der Waals surface area contributed by atoms with Gasteiger partial charge in [-0.15, -0.1) is 0 Å². The van der Waals surface area contributed by atoms with E-state index < -0.39 is 6.04 Å². The number of methoxy groups -OCH3 is 1. The molecule has 1 N–H and O–H groups in total. The minimum absolute atomic E-state index is 0.257. The molecule has 9 nitrogen and oxygen atoms in total. The van der Waals surface area contributed by atoms with Gasteiger partial charge in [0.15, 0.2) is 4.80 Å². The molecule has 1 fully saturated rings. The molecule has 2 aliphatic rings. The lowest BCUT2D eigenvalue weighted by Gasteiger charge is -2.26. The van der Waals surface area contributed by atoms with Crippen LogP contribution in [-0.2, 0) is 9.53 Å². The molecule has 0 spiro atoms. The van der Waals surface area contributed by atoms with E-state index in [0.717, 1.165) is 23.1 Å². The number of fused-ring (bicyclic) bond motifs is 1. The highest BCUT2D eigenvalue weighted by Crippen LogP contribution is 2.33. The number of hydrogen-bond acceptors (Lipinski definition) is 8. The van der Waals surface area contributed by atoms with Crippen LogP contribution in [0.1, 0.15) is 24.3 Å². The summed E-state index contributed by atoms with van der Waals surface area (Å²) in [7, 11) is 1.60. The Morgan fingerprint density at radius 3 is 2.59 bits per heavy atom. The maximum absolute atomic E-state index is 14.0. The van der Waals surface area contributed by atoms with E-state index >= 15 is 0 Å². The number of furan rings is 1. The zero-order valence-electron chi connectivity index (χ0n) is 22.4. The van der Waals surface area contributed by atoms with Gasteiger partial charge in [-0.2, -0.15) is 0 Å². The molecule has 1 atom stereocenters. The first-order valence-corrected chi connectivity index (χ1v) is 14.7. The lowest BCUT2D eigenvalue weighted by Crippen LogP contribution is -2.40. The molecule has 0 radical (unpaired) electrons. The molecular formula is C30H27BrN4O5S. The summed E-state index contributed by atoms with van der Waals surface area (Å²) < 4.78 is 19.8. The van der Waals surface area contributed by atoms with Gasteiger partial charge in [-0.3, -0.25) is 14.2 Å². The number of anilines is 2. The number of hydrogen-bond donors (Lipinski definition) is 1. The Morgan fingerprint density at radius 2 is 1.88 bits per heavy atom. The van der Waals surface area contributed by atoms with E-state index in [1.54, 1.807) is 24.7 Å². The van der Waals surface area contributed by atoms with E-state index in [9.17, 15) is 9.59 Å². The minimum atomic E-state index is -0.685. The highest BCUT2D eigenvalue weighted by atomic mass is 79.9. The highest BCUT2D eigenvalue weighted by molar-refractivity contribution is 9.10. The second-order valence-electron chi connectivity index (χ2n) is 9.58. The second-order valence-corrected chi connectivity index (χ2v) is 11.4. The van der Waals surface area contributed by atoms with Crippen molar-refractivity contribution in [1.29, 1.82) is 0 Å². The van der Waals surface area contributed by atoms with Gasteiger partial charge in [0.2, 0.25) is 5.88 Å². The molecule has 2 aliphatic heterocycles. The Bertz CT molecular complexity index is 1800. The summed E-state index contributed by atoms with van der Waals surface area (Å²) in [6, 6.07) is 17.8. The third-order valence-corrected chi connectivity index (χ3v) is 8.54. The third kappa shape index (κ3) is 5.40. The number of benzene rings is 2. The van der Waals surface area contributed by atoms with Gasteiger partial charge in [-0.25, -0.2) is 4.99 Å². The fourth-order valence-corrected chi connectivity index (χ4v) is 6.58. The van der Waals surface area contributed by atoms with Crippen molar-refractivity contribution < 1.29 is 18.7 Å². The van der Waals surface area contributed by atoms with Gasteiger partial charge in [-0.1, -0.05) is 41.7 Å². The number of carbonyl (C=O) groups excluding carboxylic acids is 1. The van der Waals surface area contributed by atoms with Gasteiger partial charge in [0.05, 0.1) is 46.6 Å². The van der Waals surface area contributed by atoms with Gasteiger partial charge in [-0.05, 0) is 52.7 Å². The van der Waals surface area contributed by atoms with E-state index in [2.05, 4.69) is 26.1 Å². The summed E-state index contributed by atoms with van der Waals surface area (Å²) in [6.07, 6.45) is 1.73. The van der Waals surface area contributed by atoms with Gasteiger partial charge >= 0.3 is 0 Å². The van der Waals surface area contributed by atoms with Gasteiger partial charge in [0, 0.05) is 30.9 Å². The number of amides is 1. The molecule has 4 aromatic rings. The van der Waals surface area contributed by atoms with Crippen LogP contribution >= 0.6 is 27.3 Å². The monoisotopic (exact) mass is 634 g/mol. The summed E-state index contributed by atoms with van der Waals surface area (Å²) in [5, 5.41) is 2.97. The molecule has 2 aromatic heterocycles. The molecule has 1 amide bonds. The maximum Gasteiger partial charge on any atom is 0.271 e. The number of carbonyl (C=O) groups is 1. The molecule has 1 saturated heterocycles. The van der Waals surface area contributed by atoms with Crippen LogP contribution in [0, 0.1) is 0 Å². The van der Waals surface area contributed by atoms with Gasteiger partial charge in [0.1, 0.15) is 11.5 Å². The first-order chi connectivity index (χ1) is 19.9. The van der Waals surface area contributed by atoms with Crippen LogP contribution in [0.3, 0.4) is 0 Å². The molecule has 41 heavy (non-hydrogen) atoms. The Hall–Kier alpha value is -3.93. The first kappa shape index (κ1) is 27.3. The topological polar surface area (TPSA) is 98.3 Å². The summed E-state index contributed by atoms with van der Waals surface area (Å²) in [5.41, 5.74) is 2.10. The number of morpholine rings is 1. The third-order valence-electron chi connectivity index (χ3n) is 6.99. The number of aromatic nitrogens is 1. The molecule has 4 heterocycles. The first-order valence-electron chi connectivity index (χ1n) is 13.1. The fourth-order valence-electron chi connectivity index (χ4n) is 4.99. The molecule has 0 saturated carbocycles. The molecule has 0 aliphatic carbocycles. The number of halogens is 1. The Labute approximate surface area is 248 Å². The molecular weight excluding hydrogens is 608 g/mol. The molecule has 11 heteroatoms. The van der Waals surface area contributed by atoms with E-state index in [1.165, 1.54) is 11.3 Å². The summed E-state index contributed by atoms with van der Waals surface area (Å²) in [4.78, 5) is 35.0. The number of para-hydroxylation sites is 1. The van der Waals surface area contributed by atoms with Crippen molar-refractivity contribution in [3.63, 3.8) is 0 Å². The minimum Gasteiger partial charge on any atom is -0.497 e. The molecule has 2 aromatic carbocycles. The van der Waals surface area contributed by atoms with Crippen LogP contribution in [0.5, 0.6) is 5.75 Å². The zero-order valence-corrected chi connectivity index (χ0v) is 24.8. The van der Waals surface area contributed by atoms with E-state index in [4.69, 9.17) is 18.9 Å². The van der Waals surface area contributed by atoms with Crippen LogP contribution in [0.2, 0.25) is 0 Å². The van der Waals surface area contributed by atoms with Crippen molar-refractivity contribution in [1.82, 2.24) is 4.57 Å². The highest BCUT2D eigenvalue weighted by Gasteiger charge is 2.32. The van der Waals surface area contributed by atoms with Crippen LogP contribution in [0.4, 0.5) is 11.6 Å².